The van der Waals surface area contributed by atoms with E-state index in [1.165, 1.54) is 17.3 Å². The van der Waals surface area contributed by atoms with Crippen LogP contribution in [0.1, 0.15) is 23.4 Å². The first-order chi connectivity index (χ1) is 19.3. The third kappa shape index (κ3) is 6.23. The number of fused-ring (bicyclic) bond motifs is 6. The molecule has 4 N–H and O–H groups in total. The number of ether oxygens (including phenoxy) is 2. The number of rotatable bonds is 6. The zero-order valence-corrected chi connectivity index (χ0v) is 21.9. The Bertz CT molecular complexity index is 1580. The van der Waals surface area contributed by atoms with Crippen LogP contribution in [-0.2, 0) is 22.4 Å². The molecule has 2 aliphatic rings. The van der Waals surface area contributed by atoms with E-state index >= 15 is 0 Å². The van der Waals surface area contributed by atoms with Gasteiger partial charge in [0.15, 0.2) is 11.5 Å². The predicted octanol–water partition coefficient (Wildman–Crippen LogP) is 4.41. The van der Waals surface area contributed by atoms with Crippen molar-refractivity contribution in [2.75, 3.05) is 19.7 Å². The molecule has 1 aliphatic heterocycles. The average molecular weight is 548 g/mol. The van der Waals surface area contributed by atoms with Gasteiger partial charge in [-0.15, -0.1) is 0 Å². The lowest BCUT2D eigenvalue weighted by molar-refractivity contribution is -0.134. The van der Waals surface area contributed by atoms with E-state index in [1.807, 2.05) is 31.2 Å². The highest BCUT2D eigenvalue weighted by atomic mass is 19.1. The van der Waals surface area contributed by atoms with Crippen LogP contribution in [0.4, 0.5) is 4.39 Å². The third-order valence-electron chi connectivity index (χ3n) is 7.06. The van der Waals surface area contributed by atoms with Crippen molar-refractivity contribution >= 4 is 33.7 Å². The molecule has 6 rings (SSSR count). The van der Waals surface area contributed by atoms with Gasteiger partial charge in [-0.3, -0.25) is 4.98 Å². The highest BCUT2D eigenvalue weighted by molar-refractivity contribution is 5.90. The van der Waals surface area contributed by atoms with Crippen molar-refractivity contribution in [3.63, 3.8) is 0 Å². The number of aryl methyl sites for hydroxylation is 2. The van der Waals surface area contributed by atoms with Gasteiger partial charge in [0.1, 0.15) is 18.5 Å². The van der Waals surface area contributed by atoms with Crippen molar-refractivity contribution in [1.82, 2.24) is 15.3 Å². The Labute approximate surface area is 229 Å². The molecule has 0 spiro atoms. The molecule has 0 saturated carbocycles. The molecule has 1 aliphatic carbocycles. The van der Waals surface area contributed by atoms with Gasteiger partial charge in [-0.05, 0) is 86.7 Å². The largest absolute Gasteiger partial charge is 0.486 e. The van der Waals surface area contributed by atoms with Gasteiger partial charge in [0.05, 0.1) is 5.52 Å². The molecule has 0 fully saturated rings. The number of aromatic amines is 1. The molecule has 10 heteroatoms. The van der Waals surface area contributed by atoms with Crippen LogP contribution in [0.2, 0.25) is 0 Å². The Morgan fingerprint density at radius 1 is 1.10 bits per heavy atom. The maximum absolute atomic E-state index is 13.8. The van der Waals surface area contributed by atoms with Crippen LogP contribution in [0.5, 0.6) is 11.5 Å². The summed E-state index contributed by atoms with van der Waals surface area (Å²) in [6.45, 7) is 4.15. The number of hydrogen-bond donors (Lipinski definition) is 4. The maximum Gasteiger partial charge on any atom is 0.328 e. The Balaban J connectivity index is 0.000000355. The first-order valence-corrected chi connectivity index (χ1v) is 13.1. The number of benzene rings is 2. The second kappa shape index (κ2) is 11.7. The van der Waals surface area contributed by atoms with E-state index in [2.05, 4.69) is 21.4 Å². The van der Waals surface area contributed by atoms with Crippen molar-refractivity contribution in [2.45, 2.75) is 32.3 Å². The fourth-order valence-electron chi connectivity index (χ4n) is 5.20. The molecule has 2 aromatic carbocycles. The molecule has 4 aromatic rings. The van der Waals surface area contributed by atoms with Crippen molar-refractivity contribution in [2.24, 2.45) is 5.92 Å². The molecule has 2 aromatic heterocycles. The van der Waals surface area contributed by atoms with E-state index in [4.69, 9.17) is 19.7 Å². The van der Waals surface area contributed by atoms with Gasteiger partial charge in [-0.2, -0.15) is 0 Å². The van der Waals surface area contributed by atoms with Gasteiger partial charge in [0, 0.05) is 46.4 Å². The summed E-state index contributed by atoms with van der Waals surface area (Å²) in [6.07, 6.45) is 4.16. The minimum atomic E-state index is -1.26. The summed E-state index contributed by atoms with van der Waals surface area (Å²) in [6, 6.07) is 13.0. The zero-order valence-electron chi connectivity index (χ0n) is 21.9. The second-order valence-electron chi connectivity index (χ2n) is 10.0. The van der Waals surface area contributed by atoms with E-state index in [1.54, 1.807) is 6.07 Å². The van der Waals surface area contributed by atoms with Crippen LogP contribution >= 0.6 is 0 Å². The lowest BCUT2D eigenvalue weighted by Gasteiger charge is -2.29. The monoisotopic (exact) mass is 547 g/mol. The number of carboxylic acid groups (broad SMARTS) is 2. The van der Waals surface area contributed by atoms with Crippen molar-refractivity contribution in [1.29, 1.82) is 0 Å². The molecule has 2 atom stereocenters. The topological polar surface area (TPSA) is 134 Å². The quantitative estimate of drug-likeness (QED) is 0.261. The number of nitrogens with one attached hydrogen (secondary N) is 2. The molecule has 40 heavy (non-hydrogen) atoms. The van der Waals surface area contributed by atoms with Gasteiger partial charge in [-0.1, -0.05) is 0 Å². The fraction of sp³-hybridized carbons (Fsp3) is 0.300. The minimum Gasteiger partial charge on any atom is -0.486 e. The summed E-state index contributed by atoms with van der Waals surface area (Å²) in [5.41, 5.74) is 5.49. The standard InChI is InChI=1S/C26H26FN3O2.C4H4O4/c1-15-2-5-19-22(29-15)8-9-25-26(19)32-18(14-31-25)13-28-12-16-3-6-23-20(10-16)21-11-17(27)4-7-24(21)30-23;5-3(6)1-2-4(7)8/h2,4-5,7-9,11,16,18,28,30H,3,6,10,12-14H2,1H3;1-2H,(H,5,6)(H,7,8)/b;2-1-/t16-,18-;/m0./s1. The number of pyridine rings is 1. The van der Waals surface area contributed by atoms with E-state index in [0.717, 1.165) is 71.4 Å². The van der Waals surface area contributed by atoms with Gasteiger partial charge < -0.3 is 30.0 Å². The number of H-pyrrole nitrogens is 1. The van der Waals surface area contributed by atoms with Crippen molar-refractivity contribution < 1.29 is 33.7 Å². The lowest BCUT2D eigenvalue weighted by atomic mass is 9.86. The van der Waals surface area contributed by atoms with Crippen LogP contribution in [-0.4, -0.2) is 57.9 Å². The zero-order chi connectivity index (χ0) is 28.2. The van der Waals surface area contributed by atoms with Crippen LogP contribution < -0.4 is 14.8 Å². The Kier molecular flexibility index (Phi) is 7.97. The molecule has 9 nitrogen and oxygen atoms in total. The fourth-order valence-corrected chi connectivity index (χ4v) is 5.20. The summed E-state index contributed by atoms with van der Waals surface area (Å²) in [5.74, 6) is -0.594. The minimum absolute atomic E-state index is 0.0456. The molecule has 3 heterocycles. The van der Waals surface area contributed by atoms with Crippen LogP contribution in [0, 0.1) is 18.7 Å². The molecule has 0 amide bonds. The first kappa shape index (κ1) is 27.1. The number of aromatic nitrogens is 2. The molecule has 0 unspecified atom stereocenters. The molecule has 0 bridgehead atoms. The molecular formula is C30H30FN3O6. The van der Waals surface area contributed by atoms with Gasteiger partial charge in [-0.25, -0.2) is 14.0 Å². The Morgan fingerprint density at radius 3 is 2.67 bits per heavy atom. The van der Waals surface area contributed by atoms with Crippen LogP contribution in [0.15, 0.2) is 54.6 Å². The predicted molar refractivity (Wildman–Crippen MR) is 147 cm³/mol. The number of hydrogen-bond acceptors (Lipinski definition) is 6. The molecular weight excluding hydrogens is 517 g/mol. The van der Waals surface area contributed by atoms with Crippen molar-refractivity contribution in [3.05, 3.63) is 77.4 Å². The third-order valence-corrected chi connectivity index (χ3v) is 7.06. The van der Waals surface area contributed by atoms with Gasteiger partial charge in [0.25, 0.3) is 0 Å². The molecule has 208 valence electrons. The average Bonchev–Trinajstić information content (AvgIpc) is 3.29. The smallest absolute Gasteiger partial charge is 0.328 e. The summed E-state index contributed by atoms with van der Waals surface area (Å²) >= 11 is 0. The number of nitrogens with zero attached hydrogens (tertiary/aromatic N) is 1. The number of halogens is 1. The summed E-state index contributed by atoms with van der Waals surface area (Å²) in [7, 11) is 0. The number of carbonyl (C=O) groups is 2. The van der Waals surface area contributed by atoms with E-state index in [-0.39, 0.29) is 11.9 Å². The number of carboxylic acids is 2. The first-order valence-electron chi connectivity index (χ1n) is 13.1. The van der Waals surface area contributed by atoms with Crippen LogP contribution in [0.3, 0.4) is 0 Å². The van der Waals surface area contributed by atoms with E-state index in [0.29, 0.717) is 24.7 Å². The summed E-state index contributed by atoms with van der Waals surface area (Å²) in [5, 5.41) is 21.2. The van der Waals surface area contributed by atoms with Crippen LogP contribution in [0.25, 0.3) is 21.8 Å². The van der Waals surface area contributed by atoms with E-state index in [9.17, 15) is 14.0 Å². The molecule has 0 radical (unpaired) electrons. The SMILES string of the molecule is Cc1ccc2c3c(ccc2n1)OC[C@H](CNC[C@H]1CCc2[nH]c4ccc(F)cc4c2C1)O3.O=C(O)/C=C\C(=O)O. The summed E-state index contributed by atoms with van der Waals surface area (Å²) < 4.78 is 26.1. The number of aliphatic carboxylic acids is 2. The Morgan fingerprint density at radius 2 is 1.90 bits per heavy atom. The Hall–Kier alpha value is -4.44. The maximum atomic E-state index is 13.8. The second-order valence-corrected chi connectivity index (χ2v) is 10.0. The van der Waals surface area contributed by atoms with Gasteiger partial charge >= 0.3 is 11.9 Å². The van der Waals surface area contributed by atoms with Crippen molar-refractivity contribution in [3.8, 4) is 11.5 Å². The summed E-state index contributed by atoms with van der Waals surface area (Å²) in [4.78, 5) is 27.2. The highest BCUT2D eigenvalue weighted by Gasteiger charge is 2.25. The molecule has 0 saturated heterocycles. The highest BCUT2D eigenvalue weighted by Crippen LogP contribution is 2.38. The van der Waals surface area contributed by atoms with E-state index < -0.39 is 11.9 Å². The normalized spacial score (nSPS) is 17.9. The lowest BCUT2D eigenvalue weighted by Crippen LogP contribution is -2.40. The van der Waals surface area contributed by atoms with Gasteiger partial charge in [0.2, 0.25) is 0 Å².